The van der Waals surface area contributed by atoms with E-state index in [4.69, 9.17) is 11.6 Å². The quantitative estimate of drug-likeness (QED) is 0.827. The van der Waals surface area contributed by atoms with Crippen LogP contribution in [0.15, 0.2) is 24.3 Å². The molecule has 2 aromatic rings. The van der Waals surface area contributed by atoms with Crippen LogP contribution in [0.25, 0.3) is 10.9 Å². The van der Waals surface area contributed by atoms with Crippen LogP contribution >= 0.6 is 11.6 Å². The van der Waals surface area contributed by atoms with Crippen LogP contribution < -0.4 is 5.32 Å². The molecular formula is C12H16ClN3. The lowest BCUT2D eigenvalue weighted by molar-refractivity contribution is 0.654. The summed E-state index contributed by atoms with van der Waals surface area (Å²) >= 11 is 5.88. The van der Waals surface area contributed by atoms with Gasteiger partial charge in [0.1, 0.15) is 0 Å². The molecule has 1 atom stereocenters. The number of hydrogen-bond acceptors (Lipinski definition) is 2. The van der Waals surface area contributed by atoms with E-state index in [1.165, 1.54) is 10.9 Å². The number of aromatic nitrogens is 2. The average Bonchev–Trinajstić information content (AvgIpc) is 2.57. The predicted octanol–water partition coefficient (Wildman–Crippen LogP) is 2.29. The first-order valence-corrected chi connectivity index (χ1v) is 5.87. The molecule has 0 aliphatic heterocycles. The van der Waals surface area contributed by atoms with Gasteiger partial charge in [-0.3, -0.25) is 4.68 Å². The van der Waals surface area contributed by atoms with E-state index in [0.29, 0.717) is 0 Å². The number of alkyl halides is 1. The maximum Gasteiger partial charge on any atom is 0.0841 e. The van der Waals surface area contributed by atoms with Gasteiger partial charge in [-0.15, -0.1) is 11.6 Å². The highest BCUT2D eigenvalue weighted by atomic mass is 35.5. The average molecular weight is 238 g/mol. The zero-order valence-electron chi connectivity index (χ0n) is 9.57. The molecule has 1 unspecified atom stereocenters. The van der Waals surface area contributed by atoms with Crippen LogP contribution in [0.3, 0.4) is 0 Å². The summed E-state index contributed by atoms with van der Waals surface area (Å²) < 4.78 is 1.91. The van der Waals surface area contributed by atoms with Crippen LogP contribution in [0.4, 0.5) is 0 Å². The highest BCUT2D eigenvalue weighted by Gasteiger charge is 2.07. The van der Waals surface area contributed by atoms with E-state index in [1.807, 2.05) is 30.8 Å². The lowest BCUT2D eigenvalue weighted by Crippen LogP contribution is -2.21. The summed E-state index contributed by atoms with van der Waals surface area (Å²) in [6, 6.07) is 8.25. The third kappa shape index (κ3) is 2.36. The van der Waals surface area contributed by atoms with Crippen molar-refractivity contribution < 1.29 is 0 Å². The van der Waals surface area contributed by atoms with Crippen LogP contribution in [0.1, 0.15) is 12.6 Å². The topological polar surface area (TPSA) is 29.9 Å². The number of nitrogens with one attached hydrogen (secondary N) is 1. The summed E-state index contributed by atoms with van der Waals surface area (Å²) in [6.07, 6.45) is 0. The van der Waals surface area contributed by atoms with Gasteiger partial charge >= 0.3 is 0 Å². The van der Waals surface area contributed by atoms with Crippen LogP contribution in [0.5, 0.6) is 0 Å². The van der Waals surface area contributed by atoms with Gasteiger partial charge in [-0.2, -0.15) is 5.10 Å². The third-order valence-electron chi connectivity index (χ3n) is 2.55. The molecule has 0 saturated heterocycles. The highest BCUT2D eigenvalue weighted by Crippen LogP contribution is 2.16. The summed E-state index contributed by atoms with van der Waals surface area (Å²) in [4.78, 5) is 0. The van der Waals surface area contributed by atoms with Gasteiger partial charge in [-0.1, -0.05) is 18.2 Å². The van der Waals surface area contributed by atoms with E-state index in [2.05, 4.69) is 22.5 Å². The van der Waals surface area contributed by atoms with Crippen molar-refractivity contribution in [3.63, 3.8) is 0 Å². The van der Waals surface area contributed by atoms with Crippen molar-refractivity contribution in [3.8, 4) is 0 Å². The number of rotatable bonds is 4. The second-order valence-corrected chi connectivity index (χ2v) is 4.74. The molecule has 1 heterocycles. The maximum absolute atomic E-state index is 5.88. The Balaban J connectivity index is 2.18. The van der Waals surface area contributed by atoms with Crippen molar-refractivity contribution >= 4 is 22.5 Å². The van der Waals surface area contributed by atoms with E-state index < -0.39 is 0 Å². The Kier molecular flexibility index (Phi) is 3.46. The molecular weight excluding hydrogens is 222 g/mol. The SMILES string of the molecule is CC(Cl)CNCc1nn(C)c2ccccc12. The molecule has 2 rings (SSSR count). The fourth-order valence-corrected chi connectivity index (χ4v) is 1.92. The fourth-order valence-electron chi connectivity index (χ4n) is 1.81. The summed E-state index contributed by atoms with van der Waals surface area (Å²) in [5.41, 5.74) is 2.24. The molecule has 0 spiro atoms. The number of hydrogen-bond donors (Lipinski definition) is 1. The Hall–Kier alpha value is -1.06. The van der Waals surface area contributed by atoms with Crippen molar-refractivity contribution in [2.75, 3.05) is 6.54 Å². The maximum atomic E-state index is 5.88. The largest absolute Gasteiger partial charge is 0.310 e. The molecule has 0 aliphatic rings. The van der Waals surface area contributed by atoms with Gasteiger partial charge in [-0.05, 0) is 13.0 Å². The minimum absolute atomic E-state index is 0.148. The Bertz CT molecular complexity index is 476. The molecule has 1 aromatic carbocycles. The summed E-state index contributed by atoms with van der Waals surface area (Å²) in [5, 5.41) is 9.15. The van der Waals surface area contributed by atoms with E-state index >= 15 is 0 Å². The first-order chi connectivity index (χ1) is 7.68. The zero-order valence-corrected chi connectivity index (χ0v) is 10.3. The monoisotopic (exact) mass is 237 g/mol. The van der Waals surface area contributed by atoms with Crippen LogP contribution in [0, 0.1) is 0 Å². The van der Waals surface area contributed by atoms with Gasteiger partial charge in [0, 0.05) is 30.9 Å². The number of nitrogens with zero attached hydrogens (tertiary/aromatic N) is 2. The highest BCUT2D eigenvalue weighted by molar-refractivity contribution is 6.20. The Morgan fingerprint density at radius 2 is 2.19 bits per heavy atom. The van der Waals surface area contributed by atoms with Gasteiger partial charge in [0.25, 0.3) is 0 Å². The smallest absolute Gasteiger partial charge is 0.0841 e. The molecule has 1 aromatic heterocycles. The molecule has 0 bridgehead atoms. The van der Waals surface area contributed by atoms with Gasteiger partial charge < -0.3 is 5.32 Å². The van der Waals surface area contributed by atoms with E-state index in [-0.39, 0.29) is 5.38 Å². The molecule has 16 heavy (non-hydrogen) atoms. The molecule has 0 saturated carbocycles. The lowest BCUT2D eigenvalue weighted by Gasteiger charge is -2.03. The van der Waals surface area contributed by atoms with E-state index in [1.54, 1.807) is 0 Å². The van der Waals surface area contributed by atoms with Crippen LogP contribution in [0.2, 0.25) is 0 Å². The Morgan fingerprint density at radius 1 is 1.44 bits per heavy atom. The predicted molar refractivity (Wildman–Crippen MR) is 67.7 cm³/mol. The molecule has 86 valence electrons. The first kappa shape index (κ1) is 11.4. The van der Waals surface area contributed by atoms with E-state index in [9.17, 15) is 0 Å². The second kappa shape index (κ2) is 4.85. The number of para-hydroxylation sites is 1. The normalized spacial score (nSPS) is 13.2. The minimum atomic E-state index is 0.148. The van der Waals surface area contributed by atoms with Crippen molar-refractivity contribution in [3.05, 3.63) is 30.0 Å². The summed E-state index contributed by atoms with van der Waals surface area (Å²) in [6.45, 7) is 3.54. The number of fused-ring (bicyclic) bond motifs is 1. The molecule has 0 radical (unpaired) electrons. The number of benzene rings is 1. The number of halogens is 1. The van der Waals surface area contributed by atoms with Crippen molar-refractivity contribution in [1.29, 1.82) is 0 Å². The molecule has 4 heteroatoms. The fraction of sp³-hybridized carbons (Fsp3) is 0.417. The molecule has 1 N–H and O–H groups in total. The standard InChI is InChI=1S/C12H16ClN3/c1-9(13)7-14-8-11-10-5-3-4-6-12(10)16(2)15-11/h3-6,9,14H,7-8H2,1-2H3. The Morgan fingerprint density at radius 3 is 2.94 bits per heavy atom. The van der Waals surface area contributed by atoms with Crippen LogP contribution in [-0.4, -0.2) is 21.7 Å². The number of aryl methyl sites for hydroxylation is 1. The third-order valence-corrected chi connectivity index (χ3v) is 2.71. The molecule has 3 nitrogen and oxygen atoms in total. The van der Waals surface area contributed by atoms with Gasteiger partial charge in [0.2, 0.25) is 0 Å². The molecule has 0 fully saturated rings. The van der Waals surface area contributed by atoms with Crippen molar-refractivity contribution in [2.24, 2.45) is 7.05 Å². The molecule has 0 aliphatic carbocycles. The molecule has 0 amide bonds. The van der Waals surface area contributed by atoms with E-state index in [0.717, 1.165) is 18.8 Å². The van der Waals surface area contributed by atoms with Crippen LogP contribution in [-0.2, 0) is 13.6 Å². The van der Waals surface area contributed by atoms with Crippen molar-refractivity contribution in [2.45, 2.75) is 18.8 Å². The van der Waals surface area contributed by atoms with Crippen molar-refractivity contribution in [1.82, 2.24) is 15.1 Å². The second-order valence-electron chi connectivity index (χ2n) is 4.00. The lowest BCUT2D eigenvalue weighted by atomic mass is 10.2. The zero-order chi connectivity index (χ0) is 11.5. The Labute approximate surface area is 100 Å². The van der Waals surface area contributed by atoms with Gasteiger partial charge in [0.15, 0.2) is 0 Å². The van der Waals surface area contributed by atoms with Gasteiger partial charge in [-0.25, -0.2) is 0 Å². The summed E-state index contributed by atoms with van der Waals surface area (Å²) in [5.74, 6) is 0. The van der Waals surface area contributed by atoms with Gasteiger partial charge in [0.05, 0.1) is 11.2 Å². The summed E-state index contributed by atoms with van der Waals surface area (Å²) in [7, 11) is 1.97. The first-order valence-electron chi connectivity index (χ1n) is 5.44. The minimum Gasteiger partial charge on any atom is -0.310 e.